The number of fused-ring (bicyclic) bond motifs is 2. The molecule has 1 aliphatic carbocycles. The van der Waals surface area contributed by atoms with Gasteiger partial charge in [0.2, 0.25) is 5.91 Å². The largest absolute Gasteiger partial charge is 0.388 e. The minimum Gasteiger partial charge on any atom is -0.388 e. The van der Waals surface area contributed by atoms with E-state index >= 15 is 0 Å². The molecule has 1 unspecified atom stereocenters. The molecule has 1 N–H and O–H groups in total. The Balaban J connectivity index is 1.16. The Morgan fingerprint density at radius 3 is 2.57 bits per heavy atom. The summed E-state index contributed by atoms with van der Waals surface area (Å²) in [5.74, 6) is -0.444. The highest BCUT2D eigenvalue weighted by Crippen LogP contribution is 2.39. The van der Waals surface area contributed by atoms with Crippen LogP contribution < -0.4 is 5.56 Å². The molecule has 1 atom stereocenters. The second-order valence-electron chi connectivity index (χ2n) is 10.6. The minimum absolute atomic E-state index is 0.0460. The Bertz CT molecular complexity index is 1760. The van der Waals surface area contributed by atoms with Gasteiger partial charge in [-0.1, -0.05) is 23.2 Å². The average molecular weight is 637 g/mol. The van der Waals surface area contributed by atoms with E-state index in [9.17, 15) is 28.3 Å². The number of nitrogens with zero attached hydrogens (tertiary/aromatic N) is 6. The van der Waals surface area contributed by atoms with Gasteiger partial charge in [0.1, 0.15) is 11.6 Å². The van der Waals surface area contributed by atoms with Crippen LogP contribution in [-0.2, 0) is 17.8 Å². The molecule has 0 spiro atoms. The summed E-state index contributed by atoms with van der Waals surface area (Å²) >= 11 is 13.3. The molecular formula is C27H24Cl2F2N6O4S. The highest BCUT2D eigenvalue weighted by atomic mass is 35.5. The zero-order valence-corrected chi connectivity index (χ0v) is 24.3. The smallest absolute Gasteiger partial charge is 0.281 e. The molecule has 1 aromatic carbocycles. The van der Waals surface area contributed by atoms with Crippen LogP contribution >= 0.6 is 34.7 Å². The van der Waals surface area contributed by atoms with E-state index in [1.807, 2.05) is 0 Å². The van der Waals surface area contributed by atoms with Gasteiger partial charge in [0.25, 0.3) is 12.0 Å². The summed E-state index contributed by atoms with van der Waals surface area (Å²) < 4.78 is 33.9. The summed E-state index contributed by atoms with van der Waals surface area (Å²) in [4.78, 5) is 44.9. The minimum atomic E-state index is -2.83. The molecule has 2 aliphatic rings. The van der Waals surface area contributed by atoms with Crippen molar-refractivity contribution >= 4 is 57.5 Å². The fourth-order valence-electron chi connectivity index (χ4n) is 5.54. The van der Waals surface area contributed by atoms with Crippen molar-refractivity contribution in [2.75, 3.05) is 13.1 Å². The lowest BCUT2D eigenvalue weighted by molar-refractivity contribution is -0.138. The highest BCUT2D eigenvalue weighted by Gasteiger charge is 2.37. The number of ketones is 1. The monoisotopic (exact) mass is 636 g/mol. The van der Waals surface area contributed by atoms with Gasteiger partial charge in [-0.3, -0.25) is 23.6 Å². The molecule has 42 heavy (non-hydrogen) atoms. The second-order valence-corrected chi connectivity index (χ2v) is 12.2. The number of hydrogen-bond acceptors (Lipinski definition) is 8. The van der Waals surface area contributed by atoms with E-state index in [2.05, 4.69) is 14.5 Å². The second kappa shape index (κ2) is 11.1. The van der Waals surface area contributed by atoms with Gasteiger partial charge >= 0.3 is 0 Å². The number of alkyl halides is 2. The van der Waals surface area contributed by atoms with Crippen LogP contribution in [0.1, 0.15) is 47.6 Å². The highest BCUT2D eigenvalue weighted by molar-refractivity contribution is 7.11. The van der Waals surface area contributed by atoms with Crippen molar-refractivity contribution in [2.45, 2.75) is 56.7 Å². The number of Topliss-reactive ketones (excluding diaryl/α,β-unsaturated/α-hetero) is 1. The van der Waals surface area contributed by atoms with E-state index in [1.165, 1.54) is 28.1 Å². The van der Waals surface area contributed by atoms with Crippen molar-refractivity contribution in [1.29, 1.82) is 0 Å². The topological polar surface area (TPSA) is 123 Å². The summed E-state index contributed by atoms with van der Waals surface area (Å²) in [7, 11) is 0. The van der Waals surface area contributed by atoms with Crippen LogP contribution in [0.3, 0.4) is 0 Å². The third-order valence-electron chi connectivity index (χ3n) is 7.92. The Hall–Kier alpha value is -3.26. The van der Waals surface area contributed by atoms with Gasteiger partial charge in [0.05, 0.1) is 29.8 Å². The number of halogens is 4. The summed E-state index contributed by atoms with van der Waals surface area (Å²) in [6.45, 7) is 0.182. The fourth-order valence-corrected chi connectivity index (χ4v) is 6.87. The number of carbonyl (C=O) groups excluding carboxylic acids is 2. The Morgan fingerprint density at radius 1 is 1.12 bits per heavy atom. The maximum Gasteiger partial charge on any atom is 0.281 e. The summed E-state index contributed by atoms with van der Waals surface area (Å²) in [5.41, 5.74) is 0.809. The quantitative estimate of drug-likeness (QED) is 0.319. The average Bonchev–Trinajstić information content (AvgIpc) is 3.67. The van der Waals surface area contributed by atoms with Gasteiger partial charge in [-0.2, -0.15) is 9.47 Å². The van der Waals surface area contributed by atoms with Crippen molar-refractivity contribution in [3.63, 3.8) is 0 Å². The number of aryl methyl sites for hydroxylation is 1. The summed E-state index contributed by atoms with van der Waals surface area (Å²) in [6, 6.07) is 3.42. The van der Waals surface area contributed by atoms with Gasteiger partial charge in [-0.15, -0.1) is 0 Å². The third kappa shape index (κ3) is 5.34. The predicted molar refractivity (Wildman–Crippen MR) is 152 cm³/mol. The third-order valence-corrected chi connectivity index (χ3v) is 9.30. The molecule has 10 nitrogen and oxygen atoms in total. The summed E-state index contributed by atoms with van der Waals surface area (Å²) in [6.07, 6.45) is 0.702. The van der Waals surface area contributed by atoms with Crippen molar-refractivity contribution in [2.24, 2.45) is 0 Å². The SMILES string of the molecule is O=C1CCc2cc(Cl)c(-c3snc4c(=O)n(CC5(O)CCN(C(=O)CC(C(F)F)n6ccc(Cl)n6)CC5)cnc34)cc21. The lowest BCUT2D eigenvalue weighted by Crippen LogP contribution is -2.50. The van der Waals surface area contributed by atoms with Gasteiger partial charge in [0.15, 0.2) is 16.5 Å². The van der Waals surface area contributed by atoms with E-state index < -0.39 is 36.0 Å². The number of likely N-dealkylation sites (tertiary alicyclic amines) is 1. The van der Waals surface area contributed by atoms with Gasteiger partial charge in [-0.25, -0.2) is 13.8 Å². The number of benzene rings is 1. The Kier molecular flexibility index (Phi) is 7.62. The number of carbonyl (C=O) groups is 2. The standard InChI is InChI=1S/C27H24Cl2F2N6O4S/c28-17-9-14-1-2-19(38)15(14)10-16(17)24-22-23(34-42-24)26(40)36(13-32-22)12-27(41)4-7-35(8-5-27)21(39)11-18(25(30)31)37-6-3-20(29)33-37/h3,6,9-10,13,18,25,41H,1-2,4-5,7-8,11-12H2. The molecule has 0 radical (unpaired) electrons. The predicted octanol–water partition coefficient (Wildman–Crippen LogP) is 4.40. The lowest BCUT2D eigenvalue weighted by Gasteiger charge is -2.38. The molecule has 1 amide bonds. The molecule has 6 rings (SSSR count). The molecule has 3 aromatic heterocycles. The molecule has 0 saturated carbocycles. The van der Waals surface area contributed by atoms with Crippen molar-refractivity contribution < 1.29 is 23.5 Å². The molecule has 1 aliphatic heterocycles. The van der Waals surface area contributed by atoms with Gasteiger partial charge in [-0.05, 0) is 54.6 Å². The first kappa shape index (κ1) is 28.8. The molecule has 15 heteroatoms. The normalized spacial score (nSPS) is 17.3. The maximum atomic E-state index is 13.6. The summed E-state index contributed by atoms with van der Waals surface area (Å²) in [5, 5.41) is 15.6. The van der Waals surface area contributed by atoms with E-state index in [-0.39, 0.29) is 48.9 Å². The van der Waals surface area contributed by atoms with Crippen LogP contribution in [0, 0.1) is 0 Å². The lowest BCUT2D eigenvalue weighted by atomic mass is 9.91. The fraction of sp³-hybridized carbons (Fsp3) is 0.407. The number of rotatable bonds is 7. The zero-order chi connectivity index (χ0) is 29.8. The number of aromatic nitrogens is 5. The first-order valence-corrected chi connectivity index (χ1v) is 14.8. The molecule has 1 saturated heterocycles. The van der Waals surface area contributed by atoms with E-state index in [0.717, 1.165) is 21.8 Å². The molecule has 1 fully saturated rings. The van der Waals surface area contributed by atoms with E-state index in [4.69, 9.17) is 23.2 Å². The number of aliphatic hydroxyl groups is 1. The molecule has 220 valence electrons. The van der Waals surface area contributed by atoms with Crippen molar-refractivity contribution in [1.82, 2.24) is 28.6 Å². The van der Waals surface area contributed by atoms with Crippen LogP contribution in [0.4, 0.5) is 8.78 Å². The van der Waals surface area contributed by atoms with E-state index in [0.29, 0.717) is 39.4 Å². The molecule has 4 heterocycles. The van der Waals surface area contributed by atoms with Gasteiger partial charge < -0.3 is 10.0 Å². The van der Waals surface area contributed by atoms with Crippen molar-refractivity contribution in [3.05, 3.63) is 62.4 Å². The van der Waals surface area contributed by atoms with Crippen LogP contribution in [0.15, 0.2) is 35.5 Å². The van der Waals surface area contributed by atoms with Crippen LogP contribution in [0.5, 0.6) is 0 Å². The first-order chi connectivity index (χ1) is 20.0. The zero-order valence-electron chi connectivity index (χ0n) is 22.0. The molecular weight excluding hydrogens is 613 g/mol. The number of amides is 1. The Labute approximate surface area is 251 Å². The van der Waals surface area contributed by atoms with Crippen LogP contribution in [0.25, 0.3) is 21.5 Å². The maximum absolute atomic E-state index is 13.6. The molecule has 0 bridgehead atoms. The van der Waals surface area contributed by atoms with Crippen molar-refractivity contribution in [3.8, 4) is 10.4 Å². The number of hydrogen-bond donors (Lipinski definition) is 1. The van der Waals surface area contributed by atoms with Crippen LogP contribution in [-0.4, -0.2) is 70.5 Å². The number of piperidine rings is 1. The first-order valence-electron chi connectivity index (χ1n) is 13.2. The Morgan fingerprint density at radius 2 is 1.88 bits per heavy atom. The molecule has 4 aromatic rings. The van der Waals surface area contributed by atoms with Crippen LogP contribution in [0.2, 0.25) is 10.2 Å². The van der Waals surface area contributed by atoms with E-state index in [1.54, 1.807) is 12.1 Å². The van der Waals surface area contributed by atoms with Gasteiger partial charge in [0, 0.05) is 41.9 Å².